The predicted octanol–water partition coefficient (Wildman–Crippen LogP) is 2.30. The van der Waals surface area contributed by atoms with Crippen molar-refractivity contribution >= 4 is 11.6 Å². The van der Waals surface area contributed by atoms with Crippen LogP contribution in [0.4, 0.5) is 11.6 Å². The average Bonchev–Trinajstić information content (AvgIpc) is 2.26. The van der Waals surface area contributed by atoms with E-state index in [-0.39, 0.29) is 5.41 Å². The monoisotopic (exact) mass is 252 g/mol. The first-order chi connectivity index (χ1) is 8.35. The highest BCUT2D eigenvalue weighted by molar-refractivity contribution is 5.44. The Balaban J connectivity index is 2.73. The third-order valence-electron chi connectivity index (χ3n) is 3.35. The second-order valence-corrected chi connectivity index (χ2v) is 5.52. The number of ether oxygens (including phenoxy) is 1. The van der Waals surface area contributed by atoms with Crippen LogP contribution < -0.4 is 11.1 Å². The third-order valence-corrected chi connectivity index (χ3v) is 3.35. The molecule has 0 aromatic carbocycles. The molecule has 1 rings (SSSR count). The largest absolute Gasteiger partial charge is 0.384 e. The summed E-state index contributed by atoms with van der Waals surface area (Å²) in [7, 11) is 1.61. The minimum absolute atomic E-state index is 0.196. The van der Waals surface area contributed by atoms with Gasteiger partial charge in [0.25, 0.3) is 0 Å². The van der Waals surface area contributed by atoms with Crippen molar-refractivity contribution in [2.45, 2.75) is 34.3 Å². The van der Waals surface area contributed by atoms with Gasteiger partial charge in [-0.1, -0.05) is 27.7 Å². The summed E-state index contributed by atoms with van der Waals surface area (Å²) in [4.78, 5) is 8.46. The van der Waals surface area contributed by atoms with Crippen molar-refractivity contribution in [3.63, 3.8) is 0 Å². The van der Waals surface area contributed by atoms with Crippen molar-refractivity contribution in [1.82, 2.24) is 9.97 Å². The van der Waals surface area contributed by atoms with E-state index in [2.05, 4.69) is 43.0 Å². The highest BCUT2D eigenvalue weighted by Gasteiger charge is 2.22. The lowest BCUT2D eigenvalue weighted by molar-refractivity contribution is 0.178. The number of nitrogens with zero attached hydrogens (tertiary/aromatic N) is 2. The predicted molar refractivity (Wildman–Crippen MR) is 74.3 cm³/mol. The molecule has 0 aliphatic rings. The van der Waals surface area contributed by atoms with Gasteiger partial charge in [0.05, 0.1) is 0 Å². The SMILES string of the molecule is COCc1nc(N)cc(NCC(C)(C)C(C)C)n1. The summed E-state index contributed by atoms with van der Waals surface area (Å²) < 4.78 is 5.01. The van der Waals surface area contributed by atoms with Crippen LogP contribution in [0, 0.1) is 11.3 Å². The number of methoxy groups -OCH3 is 1. The Morgan fingerprint density at radius 3 is 2.61 bits per heavy atom. The van der Waals surface area contributed by atoms with Gasteiger partial charge >= 0.3 is 0 Å². The lowest BCUT2D eigenvalue weighted by atomic mass is 9.81. The normalized spacial score (nSPS) is 11.9. The molecule has 0 amide bonds. The molecule has 0 spiro atoms. The third kappa shape index (κ3) is 4.14. The van der Waals surface area contributed by atoms with E-state index in [0.29, 0.717) is 24.2 Å². The summed E-state index contributed by atoms with van der Waals surface area (Å²) >= 11 is 0. The number of nitrogens with one attached hydrogen (secondary N) is 1. The second kappa shape index (κ2) is 6.00. The van der Waals surface area contributed by atoms with Crippen molar-refractivity contribution in [2.24, 2.45) is 11.3 Å². The van der Waals surface area contributed by atoms with E-state index in [1.165, 1.54) is 0 Å². The molecule has 5 nitrogen and oxygen atoms in total. The van der Waals surface area contributed by atoms with E-state index in [0.717, 1.165) is 12.4 Å². The van der Waals surface area contributed by atoms with E-state index in [1.54, 1.807) is 13.2 Å². The number of nitrogen functional groups attached to an aromatic ring is 1. The van der Waals surface area contributed by atoms with Crippen LogP contribution >= 0.6 is 0 Å². The lowest BCUT2D eigenvalue weighted by Gasteiger charge is -2.29. The van der Waals surface area contributed by atoms with Gasteiger partial charge in [0.15, 0.2) is 5.82 Å². The first kappa shape index (κ1) is 14.7. The Hall–Kier alpha value is -1.36. The fraction of sp³-hybridized carbons (Fsp3) is 0.692. The van der Waals surface area contributed by atoms with Crippen molar-refractivity contribution in [3.05, 3.63) is 11.9 Å². The van der Waals surface area contributed by atoms with Crippen LogP contribution in [-0.2, 0) is 11.3 Å². The van der Waals surface area contributed by atoms with Crippen LogP contribution in [0.15, 0.2) is 6.07 Å². The van der Waals surface area contributed by atoms with Crippen LogP contribution in [0.3, 0.4) is 0 Å². The molecular formula is C13H24N4O. The molecule has 0 unspecified atom stereocenters. The number of hydrogen-bond acceptors (Lipinski definition) is 5. The van der Waals surface area contributed by atoms with Gasteiger partial charge in [-0.15, -0.1) is 0 Å². The van der Waals surface area contributed by atoms with E-state index >= 15 is 0 Å². The van der Waals surface area contributed by atoms with Gasteiger partial charge in [-0.3, -0.25) is 0 Å². The van der Waals surface area contributed by atoms with Crippen molar-refractivity contribution in [1.29, 1.82) is 0 Å². The van der Waals surface area contributed by atoms with Crippen LogP contribution in [0.2, 0.25) is 0 Å². The summed E-state index contributed by atoms with van der Waals surface area (Å²) in [6.07, 6.45) is 0. The van der Waals surface area contributed by atoms with Gasteiger partial charge in [0.2, 0.25) is 0 Å². The van der Waals surface area contributed by atoms with Crippen LogP contribution in [0.25, 0.3) is 0 Å². The van der Waals surface area contributed by atoms with Gasteiger partial charge in [0.1, 0.15) is 18.2 Å². The maximum Gasteiger partial charge on any atom is 0.158 e. The molecule has 0 aliphatic carbocycles. The zero-order valence-corrected chi connectivity index (χ0v) is 11.9. The molecule has 5 heteroatoms. The zero-order chi connectivity index (χ0) is 13.8. The highest BCUT2D eigenvalue weighted by atomic mass is 16.5. The number of nitrogens with two attached hydrogens (primary N) is 1. The van der Waals surface area contributed by atoms with Gasteiger partial charge in [-0.2, -0.15) is 0 Å². The van der Waals surface area contributed by atoms with Crippen molar-refractivity contribution in [3.8, 4) is 0 Å². The molecule has 0 bridgehead atoms. The molecule has 0 saturated heterocycles. The van der Waals surface area contributed by atoms with Crippen LogP contribution in [-0.4, -0.2) is 23.6 Å². The molecule has 18 heavy (non-hydrogen) atoms. The van der Waals surface area contributed by atoms with Crippen molar-refractivity contribution in [2.75, 3.05) is 24.7 Å². The smallest absolute Gasteiger partial charge is 0.158 e. The summed E-state index contributed by atoms with van der Waals surface area (Å²) in [6.45, 7) is 10.1. The molecule has 0 radical (unpaired) electrons. The Bertz CT molecular complexity index is 391. The van der Waals surface area contributed by atoms with E-state index < -0.39 is 0 Å². The summed E-state index contributed by atoms with van der Waals surface area (Å²) in [5.74, 6) is 2.40. The molecule has 0 atom stereocenters. The molecule has 1 heterocycles. The molecule has 0 fully saturated rings. The van der Waals surface area contributed by atoms with Gasteiger partial charge < -0.3 is 15.8 Å². The summed E-state index contributed by atoms with van der Waals surface area (Å²) in [5, 5.41) is 3.32. The molecule has 102 valence electrons. The van der Waals surface area contributed by atoms with E-state index in [1.807, 2.05) is 0 Å². The topological polar surface area (TPSA) is 73.1 Å². The summed E-state index contributed by atoms with van der Waals surface area (Å²) in [6, 6.07) is 1.75. The zero-order valence-electron chi connectivity index (χ0n) is 11.9. The number of rotatable bonds is 6. The lowest BCUT2D eigenvalue weighted by Crippen LogP contribution is -2.29. The Morgan fingerprint density at radius 1 is 1.39 bits per heavy atom. The van der Waals surface area contributed by atoms with E-state index in [4.69, 9.17) is 10.5 Å². The first-order valence-electron chi connectivity index (χ1n) is 6.21. The standard InChI is InChI=1S/C13H24N4O/c1-9(2)13(3,4)8-15-11-6-10(14)16-12(17-11)7-18-5/h6,9H,7-8H2,1-5H3,(H3,14,15,16,17). The Labute approximate surface area is 109 Å². The second-order valence-electron chi connectivity index (χ2n) is 5.52. The van der Waals surface area contributed by atoms with E-state index in [9.17, 15) is 0 Å². The quantitative estimate of drug-likeness (QED) is 0.812. The van der Waals surface area contributed by atoms with Crippen LogP contribution in [0.5, 0.6) is 0 Å². The first-order valence-corrected chi connectivity index (χ1v) is 6.21. The van der Waals surface area contributed by atoms with Gasteiger partial charge in [-0.05, 0) is 11.3 Å². The average molecular weight is 252 g/mol. The molecule has 1 aromatic heterocycles. The molecule has 1 aromatic rings. The maximum absolute atomic E-state index is 5.74. The fourth-order valence-corrected chi connectivity index (χ4v) is 1.32. The fourth-order valence-electron chi connectivity index (χ4n) is 1.32. The molecule has 0 aliphatic heterocycles. The minimum Gasteiger partial charge on any atom is -0.384 e. The van der Waals surface area contributed by atoms with Gasteiger partial charge in [0, 0.05) is 19.7 Å². The minimum atomic E-state index is 0.196. The molecule has 0 saturated carbocycles. The number of anilines is 2. The van der Waals surface area contributed by atoms with Gasteiger partial charge in [-0.25, -0.2) is 9.97 Å². The Morgan fingerprint density at radius 2 is 2.06 bits per heavy atom. The van der Waals surface area contributed by atoms with Crippen LogP contribution in [0.1, 0.15) is 33.5 Å². The summed E-state index contributed by atoms with van der Waals surface area (Å²) in [5.41, 5.74) is 5.94. The number of hydrogen-bond donors (Lipinski definition) is 2. The molecular weight excluding hydrogens is 228 g/mol. The highest BCUT2D eigenvalue weighted by Crippen LogP contribution is 2.26. The molecule has 3 N–H and O–H groups in total. The maximum atomic E-state index is 5.74. The Kier molecular flexibility index (Phi) is 4.90. The van der Waals surface area contributed by atoms with Crippen molar-refractivity contribution < 1.29 is 4.74 Å². The number of aromatic nitrogens is 2.